The Kier molecular flexibility index (Phi) is 3.50. The van der Waals surface area contributed by atoms with E-state index in [1.54, 1.807) is 0 Å². The first kappa shape index (κ1) is 15.3. The fraction of sp³-hybridized carbons (Fsp3) is 0.333. The molecule has 2 aromatic heterocycles. The van der Waals surface area contributed by atoms with Crippen LogP contribution in [-0.2, 0) is 13.3 Å². The first-order valence-corrected chi connectivity index (χ1v) is 7.02. The zero-order valence-electron chi connectivity index (χ0n) is 12.7. The van der Waals surface area contributed by atoms with Crippen molar-refractivity contribution >= 4 is 21.5 Å². The van der Waals surface area contributed by atoms with Crippen LogP contribution >= 0.6 is 0 Å². The summed E-state index contributed by atoms with van der Waals surface area (Å²) in [6, 6.07) is 2.55. The summed E-state index contributed by atoms with van der Waals surface area (Å²) in [5.41, 5.74) is -2.28. The van der Waals surface area contributed by atoms with Gasteiger partial charge in [0.1, 0.15) is 6.73 Å². The minimum Gasteiger partial charge on any atom is -0.376 e. The second-order valence-corrected chi connectivity index (χ2v) is 5.69. The fourth-order valence-electron chi connectivity index (χ4n) is 2.71. The van der Waals surface area contributed by atoms with Gasteiger partial charge in [-0.25, -0.2) is 0 Å². The number of aliphatic hydroxyl groups is 1. The maximum atomic E-state index is 12.4. The van der Waals surface area contributed by atoms with E-state index in [9.17, 15) is 19.2 Å². The molecule has 0 saturated heterocycles. The van der Waals surface area contributed by atoms with Crippen molar-refractivity contribution < 1.29 is 5.11 Å². The predicted molar refractivity (Wildman–Crippen MR) is 85.7 cm³/mol. The van der Waals surface area contributed by atoms with Gasteiger partial charge in [-0.05, 0) is 26.2 Å². The number of nitrogens with zero attached hydrogens (tertiary/aromatic N) is 3. The van der Waals surface area contributed by atoms with Gasteiger partial charge in [-0.1, -0.05) is 0 Å². The molecule has 0 fully saturated rings. The van der Waals surface area contributed by atoms with Crippen LogP contribution in [0.2, 0.25) is 0 Å². The second kappa shape index (κ2) is 5.25. The van der Waals surface area contributed by atoms with Gasteiger partial charge >= 0.3 is 0 Å². The number of rotatable bonds is 4. The lowest BCUT2D eigenvalue weighted by Gasteiger charge is -2.08. The molecule has 0 aliphatic heterocycles. The van der Waals surface area contributed by atoms with Crippen LogP contribution in [0.4, 0.5) is 0 Å². The number of aromatic nitrogens is 2. The Morgan fingerprint density at radius 3 is 1.57 bits per heavy atom. The van der Waals surface area contributed by atoms with Gasteiger partial charge in [0.05, 0.1) is 21.5 Å². The van der Waals surface area contributed by atoms with Crippen LogP contribution in [-0.4, -0.2) is 39.8 Å². The Balaban J connectivity index is 2.36. The molecule has 0 amide bonds. The van der Waals surface area contributed by atoms with Crippen LogP contribution in [0.1, 0.15) is 0 Å². The van der Waals surface area contributed by atoms with Crippen molar-refractivity contribution in [1.82, 2.24) is 14.0 Å². The minimum absolute atomic E-state index is 0.0402. The summed E-state index contributed by atoms with van der Waals surface area (Å²) in [7, 11) is 3.65. The maximum Gasteiger partial charge on any atom is 0.263 e. The molecule has 23 heavy (non-hydrogen) atoms. The van der Waals surface area contributed by atoms with E-state index in [2.05, 4.69) is 0 Å². The molecule has 0 radical (unpaired) electrons. The highest BCUT2D eigenvalue weighted by molar-refractivity contribution is 5.97. The van der Waals surface area contributed by atoms with E-state index in [-0.39, 0.29) is 28.1 Å². The van der Waals surface area contributed by atoms with Gasteiger partial charge in [0.25, 0.3) is 22.2 Å². The van der Waals surface area contributed by atoms with Gasteiger partial charge in [0.2, 0.25) is 0 Å². The summed E-state index contributed by atoms with van der Waals surface area (Å²) >= 11 is 0. The number of benzene rings is 1. The van der Waals surface area contributed by atoms with Gasteiger partial charge < -0.3 is 10.0 Å². The van der Waals surface area contributed by atoms with Crippen LogP contribution in [0.15, 0.2) is 31.3 Å². The highest BCUT2D eigenvalue weighted by Gasteiger charge is 2.18. The summed E-state index contributed by atoms with van der Waals surface area (Å²) in [5.74, 6) is 0. The highest BCUT2D eigenvalue weighted by atomic mass is 16.3. The number of hydrogen-bond donors (Lipinski definition) is 1. The average Bonchev–Trinajstić information content (AvgIpc) is 2.89. The van der Waals surface area contributed by atoms with Crippen LogP contribution in [0, 0.1) is 0 Å². The molecule has 0 aliphatic rings. The minimum atomic E-state index is -0.742. The Morgan fingerprint density at radius 1 is 0.826 bits per heavy atom. The fourth-order valence-corrected chi connectivity index (χ4v) is 2.71. The van der Waals surface area contributed by atoms with E-state index in [1.807, 2.05) is 19.0 Å². The van der Waals surface area contributed by atoms with Gasteiger partial charge in [-0.2, -0.15) is 0 Å². The number of aliphatic hydroxyl groups excluding tert-OH is 1. The van der Waals surface area contributed by atoms with Crippen molar-refractivity contribution in [2.75, 3.05) is 20.6 Å². The molecule has 3 aromatic rings. The van der Waals surface area contributed by atoms with Gasteiger partial charge in [-0.15, -0.1) is 0 Å². The highest BCUT2D eigenvalue weighted by Crippen LogP contribution is 2.14. The number of hydrogen-bond acceptors (Lipinski definition) is 6. The third kappa shape index (κ3) is 2.14. The molecule has 0 spiro atoms. The van der Waals surface area contributed by atoms with E-state index >= 15 is 0 Å². The van der Waals surface area contributed by atoms with E-state index in [0.717, 1.165) is 4.57 Å². The van der Waals surface area contributed by atoms with Gasteiger partial charge in [0, 0.05) is 13.1 Å². The molecule has 8 heteroatoms. The molecule has 0 atom stereocenters. The van der Waals surface area contributed by atoms with Crippen molar-refractivity contribution in [2.45, 2.75) is 13.3 Å². The summed E-state index contributed by atoms with van der Waals surface area (Å²) in [6.45, 7) is 0.00384. The molecular weight excluding hydrogens is 302 g/mol. The van der Waals surface area contributed by atoms with Crippen molar-refractivity contribution in [3.05, 3.63) is 53.5 Å². The quantitative estimate of drug-likeness (QED) is 0.623. The van der Waals surface area contributed by atoms with Crippen molar-refractivity contribution in [3.63, 3.8) is 0 Å². The normalized spacial score (nSPS) is 12.0. The van der Waals surface area contributed by atoms with E-state index < -0.39 is 29.0 Å². The third-order valence-electron chi connectivity index (χ3n) is 3.97. The van der Waals surface area contributed by atoms with Crippen LogP contribution in [0.25, 0.3) is 21.5 Å². The topological polar surface area (TPSA) is 102 Å². The zero-order chi connectivity index (χ0) is 16.9. The number of likely N-dealkylation sites (N-methyl/N-ethyl adjacent to an activating group) is 1. The Morgan fingerprint density at radius 2 is 1.22 bits per heavy atom. The maximum absolute atomic E-state index is 12.4. The van der Waals surface area contributed by atoms with Gasteiger partial charge in [-0.3, -0.25) is 28.3 Å². The van der Waals surface area contributed by atoms with Crippen molar-refractivity contribution in [3.8, 4) is 0 Å². The molecule has 8 nitrogen and oxygen atoms in total. The summed E-state index contributed by atoms with van der Waals surface area (Å²) in [5, 5.41) is 9.41. The molecule has 3 rings (SSSR count). The Labute approximate surface area is 129 Å². The average molecular weight is 317 g/mol. The predicted octanol–water partition coefficient (Wildman–Crippen LogP) is -1.58. The third-order valence-corrected chi connectivity index (χ3v) is 3.97. The monoisotopic (exact) mass is 317 g/mol. The first-order valence-electron chi connectivity index (χ1n) is 7.02. The lowest BCUT2D eigenvalue weighted by atomic mass is 10.1. The Bertz CT molecular complexity index is 1030. The standard InChI is InChI=1S/C15H15N3O5/c1-16(2)3-4-17-12(20)8-5-10-11(6-9(8)13(17)21)15(23)18(7-19)14(10)22/h5-6,19H,3-4,7H2,1-2H3. The molecule has 120 valence electrons. The van der Waals surface area contributed by atoms with E-state index in [0.29, 0.717) is 11.1 Å². The Hall–Kier alpha value is -2.58. The molecule has 2 heterocycles. The second-order valence-electron chi connectivity index (χ2n) is 5.69. The molecule has 1 aromatic carbocycles. The number of fused-ring (bicyclic) bond motifs is 2. The van der Waals surface area contributed by atoms with E-state index in [1.165, 1.54) is 12.1 Å². The van der Waals surface area contributed by atoms with Crippen molar-refractivity contribution in [1.29, 1.82) is 0 Å². The molecule has 1 N–H and O–H groups in total. The zero-order valence-corrected chi connectivity index (χ0v) is 12.7. The van der Waals surface area contributed by atoms with E-state index in [4.69, 9.17) is 5.11 Å². The molecule has 0 bridgehead atoms. The van der Waals surface area contributed by atoms with Gasteiger partial charge in [0.15, 0.2) is 0 Å². The first-order chi connectivity index (χ1) is 10.9. The summed E-state index contributed by atoms with van der Waals surface area (Å²) in [6.07, 6.45) is 0. The molecule has 0 unspecified atom stereocenters. The lowest BCUT2D eigenvalue weighted by Crippen LogP contribution is -2.30. The molecular formula is C15H15N3O5. The lowest BCUT2D eigenvalue weighted by molar-refractivity contribution is 0.204. The smallest absolute Gasteiger partial charge is 0.263 e. The summed E-state index contributed by atoms with van der Waals surface area (Å²) < 4.78 is 1.77. The van der Waals surface area contributed by atoms with Crippen LogP contribution in [0.3, 0.4) is 0 Å². The summed E-state index contributed by atoms with van der Waals surface area (Å²) in [4.78, 5) is 50.7. The largest absolute Gasteiger partial charge is 0.376 e. The molecule has 0 aliphatic carbocycles. The van der Waals surface area contributed by atoms with Crippen LogP contribution in [0.5, 0.6) is 0 Å². The van der Waals surface area contributed by atoms with Crippen molar-refractivity contribution in [2.24, 2.45) is 0 Å². The van der Waals surface area contributed by atoms with Crippen LogP contribution < -0.4 is 22.2 Å². The SMILES string of the molecule is CN(C)CCn1c(=O)c2cc3c(=O)n(CO)c(=O)c3cc2c1=O. The molecule has 0 saturated carbocycles.